The van der Waals surface area contributed by atoms with E-state index in [-0.39, 0.29) is 24.5 Å². The van der Waals surface area contributed by atoms with Gasteiger partial charge >= 0.3 is 23.9 Å². The summed E-state index contributed by atoms with van der Waals surface area (Å²) in [6.45, 7) is 20.4. The largest absolute Gasteiger partial charge is 0.457 e. The number of carbonyl (C=O) groups excluding carboxylic acids is 4. The Balaban J connectivity index is 1.63. The van der Waals surface area contributed by atoms with Crippen molar-refractivity contribution in [2.75, 3.05) is 6.54 Å². The van der Waals surface area contributed by atoms with E-state index in [0.717, 1.165) is 29.7 Å². The van der Waals surface area contributed by atoms with Crippen LogP contribution in [0.5, 0.6) is 17.2 Å². The monoisotopic (exact) mass is 750 g/mol. The predicted molar refractivity (Wildman–Crippen MR) is 213 cm³/mol. The predicted octanol–water partition coefficient (Wildman–Crippen LogP) is 8.39. The Morgan fingerprint density at radius 2 is 1.09 bits per heavy atom. The fourth-order valence-corrected chi connectivity index (χ4v) is 6.02. The lowest BCUT2D eigenvalue weighted by molar-refractivity contribution is -0.942. The first-order valence-electron chi connectivity index (χ1n) is 18.9. The van der Waals surface area contributed by atoms with Crippen molar-refractivity contribution in [3.05, 3.63) is 125 Å². The van der Waals surface area contributed by atoms with Crippen molar-refractivity contribution in [2.45, 2.75) is 100 Å². The second kappa shape index (κ2) is 18.4. The summed E-state index contributed by atoms with van der Waals surface area (Å²) >= 11 is 0. The van der Waals surface area contributed by atoms with Crippen LogP contribution in [0.3, 0.4) is 0 Å². The molecule has 0 aliphatic carbocycles. The Labute approximate surface area is 325 Å². The van der Waals surface area contributed by atoms with Crippen LogP contribution >= 0.6 is 0 Å². The molecule has 292 valence electrons. The SMILES string of the molecule is CC(C)[NH+](CCC(c1ccccc1)c1cc(COC(=O)c2ccc(OC(=O)C(C)(C)C)cc2)ccc1OC(=O)c1ccc(OC(=O)C(C)(C)C)cc1)C(C)C. The number of esters is 4. The van der Waals surface area contributed by atoms with Crippen LogP contribution < -0.4 is 19.1 Å². The van der Waals surface area contributed by atoms with Gasteiger partial charge in [0.15, 0.2) is 0 Å². The van der Waals surface area contributed by atoms with Crippen LogP contribution in [-0.2, 0) is 20.9 Å². The molecule has 0 aliphatic rings. The summed E-state index contributed by atoms with van der Waals surface area (Å²) in [6.07, 6.45) is 0.767. The van der Waals surface area contributed by atoms with Gasteiger partial charge in [-0.3, -0.25) is 9.59 Å². The van der Waals surface area contributed by atoms with Gasteiger partial charge in [0.25, 0.3) is 0 Å². The highest BCUT2D eigenvalue weighted by atomic mass is 16.5. The molecule has 0 bridgehead atoms. The first kappa shape index (κ1) is 42.5. The zero-order chi connectivity index (χ0) is 40.5. The zero-order valence-corrected chi connectivity index (χ0v) is 33.9. The number of carbonyl (C=O) groups is 4. The molecule has 0 amide bonds. The van der Waals surface area contributed by atoms with Crippen molar-refractivity contribution < 1.29 is 43.0 Å². The second-order valence-corrected chi connectivity index (χ2v) is 16.6. The number of ether oxygens (including phenoxy) is 4. The van der Waals surface area contributed by atoms with Crippen LogP contribution in [0.1, 0.15) is 119 Å². The summed E-state index contributed by atoms with van der Waals surface area (Å²) in [5, 5.41) is 0. The Morgan fingerprint density at radius 3 is 1.56 bits per heavy atom. The highest BCUT2D eigenvalue weighted by Gasteiger charge is 2.27. The maximum atomic E-state index is 13.6. The van der Waals surface area contributed by atoms with Gasteiger partial charge in [0, 0.05) is 17.9 Å². The average molecular weight is 751 g/mol. The topological polar surface area (TPSA) is 110 Å². The summed E-state index contributed by atoms with van der Waals surface area (Å²) in [5.41, 5.74) is 1.85. The van der Waals surface area contributed by atoms with Gasteiger partial charge in [0.1, 0.15) is 23.9 Å². The lowest BCUT2D eigenvalue weighted by atomic mass is 9.86. The second-order valence-electron chi connectivity index (χ2n) is 16.6. The quantitative estimate of drug-likeness (QED) is 0.101. The molecule has 55 heavy (non-hydrogen) atoms. The molecule has 9 nitrogen and oxygen atoms in total. The first-order chi connectivity index (χ1) is 25.8. The molecule has 0 heterocycles. The van der Waals surface area contributed by atoms with Crippen LogP contribution in [0.2, 0.25) is 0 Å². The van der Waals surface area contributed by atoms with Crippen molar-refractivity contribution in [2.24, 2.45) is 10.8 Å². The first-order valence-corrected chi connectivity index (χ1v) is 18.9. The molecule has 0 fully saturated rings. The Kier molecular flexibility index (Phi) is 14.2. The highest BCUT2D eigenvalue weighted by molar-refractivity contribution is 5.92. The van der Waals surface area contributed by atoms with E-state index in [1.165, 1.54) is 4.90 Å². The Morgan fingerprint density at radius 1 is 0.600 bits per heavy atom. The molecule has 9 heteroatoms. The summed E-state index contributed by atoms with van der Waals surface area (Å²) in [4.78, 5) is 52.9. The van der Waals surface area contributed by atoms with Gasteiger partial charge in [-0.2, -0.15) is 0 Å². The van der Waals surface area contributed by atoms with E-state index in [4.69, 9.17) is 18.9 Å². The van der Waals surface area contributed by atoms with Crippen molar-refractivity contribution in [3.8, 4) is 17.2 Å². The maximum absolute atomic E-state index is 13.6. The van der Waals surface area contributed by atoms with E-state index < -0.39 is 22.8 Å². The fourth-order valence-electron chi connectivity index (χ4n) is 6.02. The van der Waals surface area contributed by atoms with Crippen LogP contribution in [-0.4, -0.2) is 42.5 Å². The number of quaternary nitrogens is 1. The summed E-state index contributed by atoms with van der Waals surface area (Å²) < 4.78 is 22.8. The fraction of sp³-hybridized carbons (Fsp3) is 0.391. The third-order valence-electron chi connectivity index (χ3n) is 9.25. The lowest BCUT2D eigenvalue weighted by Gasteiger charge is -2.30. The molecule has 4 aromatic rings. The maximum Gasteiger partial charge on any atom is 0.343 e. The summed E-state index contributed by atoms with van der Waals surface area (Å²) in [5.74, 6) is -0.915. The molecule has 0 radical (unpaired) electrons. The van der Waals surface area contributed by atoms with Gasteiger partial charge in [0.2, 0.25) is 0 Å². The number of benzene rings is 4. The lowest BCUT2D eigenvalue weighted by Crippen LogP contribution is -3.17. The smallest absolute Gasteiger partial charge is 0.343 e. The Hall–Kier alpha value is -5.28. The van der Waals surface area contributed by atoms with Crippen LogP contribution in [0.25, 0.3) is 0 Å². The molecule has 1 atom stereocenters. The van der Waals surface area contributed by atoms with Gasteiger partial charge in [-0.15, -0.1) is 0 Å². The molecule has 0 saturated carbocycles. The molecule has 1 N–H and O–H groups in total. The van der Waals surface area contributed by atoms with E-state index in [0.29, 0.717) is 40.5 Å². The highest BCUT2D eigenvalue weighted by Crippen LogP contribution is 2.36. The van der Waals surface area contributed by atoms with E-state index in [2.05, 4.69) is 39.8 Å². The normalized spacial score (nSPS) is 12.4. The molecule has 0 aromatic heterocycles. The van der Waals surface area contributed by atoms with Crippen LogP contribution in [0, 0.1) is 10.8 Å². The minimum atomic E-state index is -0.674. The molecule has 4 aromatic carbocycles. The van der Waals surface area contributed by atoms with Crippen molar-refractivity contribution in [1.29, 1.82) is 0 Å². The summed E-state index contributed by atoms with van der Waals surface area (Å²) in [7, 11) is 0. The van der Waals surface area contributed by atoms with Crippen LogP contribution in [0.4, 0.5) is 0 Å². The molecular weight excluding hydrogens is 695 g/mol. The summed E-state index contributed by atoms with van der Waals surface area (Å²) in [6, 6.07) is 29.0. The standard InChI is InChI=1S/C46H55NO8/c1-30(2)47(31(3)4)27-26-38(33-14-12-11-13-15-33)39-28-32(29-52-41(48)34-17-21-36(22-18-34)53-43(50)45(5,6)7)16-25-40(39)55-42(49)35-19-23-37(24-20-35)54-44(51)46(8,9)10/h11-25,28,30-31,38H,26-27,29H2,1-10H3/p+1. The van der Waals surface area contributed by atoms with Gasteiger partial charge in [-0.25, -0.2) is 9.59 Å². The van der Waals surface area contributed by atoms with Crippen LogP contribution in [0.15, 0.2) is 97.1 Å². The van der Waals surface area contributed by atoms with E-state index in [1.807, 2.05) is 24.3 Å². The Bertz CT molecular complexity index is 1910. The van der Waals surface area contributed by atoms with E-state index >= 15 is 0 Å². The van der Waals surface area contributed by atoms with E-state index in [9.17, 15) is 19.2 Å². The van der Waals surface area contributed by atoms with Gasteiger partial charge in [0.05, 0.1) is 40.6 Å². The number of rotatable bonds is 14. The van der Waals surface area contributed by atoms with Crippen molar-refractivity contribution in [3.63, 3.8) is 0 Å². The van der Waals surface area contributed by atoms with Gasteiger partial charge in [-0.05, 0) is 141 Å². The number of hydrogen-bond donors (Lipinski definition) is 1. The zero-order valence-electron chi connectivity index (χ0n) is 33.9. The van der Waals surface area contributed by atoms with E-state index in [1.54, 1.807) is 102 Å². The minimum Gasteiger partial charge on any atom is -0.457 e. The van der Waals surface area contributed by atoms with Gasteiger partial charge < -0.3 is 23.8 Å². The third-order valence-corrected chi connectivity index (χ3v) is 9.25. The van der Waals surface area contributed by atoms with Crippen molar-refractivity contribution >= 4 is 23.9 Å². The third kappa shape index (κ3) is 12.1. The van der Waals surface area contributed by atoms with Gasteiger partial charge in [-0.1, -0.05) is 36.4 Å². The molecule has 0 saturated heterocycles. The molecule has 0 aliphatic heterocycles. The molecule has 4 rings (SSSR count). The minimum absolute atomic E-state index is 0.0214. The molecular formula is C46H56NO8+. The average Bonchev–Trinajstić information content (AvgIpc) is 3.12. The number of hydrogen-bond acceptors (Lipinski definition) is 8. The molecule has 1 unspecified atom stereocenters. The molecule has 0 spiro atoms. The number of nitrogens with one attached hydrogen (secondary N) is 1. The van der Waals surface area contributed by atoms with Crippen molar-refractivity contribution in [1.82, 2.24) is 0 Å².